The summed E-state index contributed by atoms with van der Waals surface area (Å²) in [5, 5.41) is 0. The fourth-order valence-electron chi connectivity index (χ4n) is 3.39. The van der Waals surface area contributed by atoms with Crippen LogP contribution in [0.5, 0.6) is 0 Å². The van der Waals surface area contributed by atoms with Crippen LogP contribution >= 0.6 is 0 Å². The molecule has 2 aromatic rings. The number of rotatable bonds is 6. The molecule has 1 atom stereocenters. The van der Waals surface area contributed by atoms with Gasteiger partial charge in [0.1, 0.15) is 0 Å². The van der Waals surface area contributed by atoms with Gasteiger partial charge in [-0.15, -0.1) is 0 Å². The number of sulfonamides is 1. The molecule has 27 heavy (non-hydrogen) atoms. The third-order valence-electron chi connectivity index (χ3n) is 4.71. The van der Waals surface area contributed by atoms with Crippen molar-refractivity contribution < 1.29 is 21.6 Å². The summed E-state index contributed by atoms with van der Waals surface area (Å²) in [4.78, 5) is 1.42. The number of nitrogens with one attached hydrogen (secondary N) is 1. The van der Waals surface area contributed by atoms with Gasteiger partial charge in [-0.25, -0.2) is 13.1 Å². The van der Waals surface area contributed by atoms with Gasteiger partial charge in [0.2, 0.25) is 10.0 Å². The van der Waals surface area contributed by atoms with Gasteiger partial charge < -0.3 is 0 Å². The van der Waals surface area contributed by atoms with Crippen LogP contribution in [0.25, 0.3) is 0 Å². The van der Waals surface area contributed by atoms with Crippen molar-refractivity contribution in [3.05, 3.63) is 65.7 Å². The van der Waals surface area contributed by atoms with Crippen molar-refractivity contribution in [3.63, 3.8) is 0 Å². The van der Waals surface area contributed by atoms with Gasteiger partial charge in [0.05, 0.1) is 10.5 Å². The van der Waals surface area contributed by atoms with Crippen LogP contribution in [0.15, 0.2) is 59.5 Å². The molecule has 0 radical (unpaired) electrons. The van der Waals surface area contributed by atoms with E-state index in [1.807, 2.05) is 30.3 Å². The number of alkyl halides is 3. The van der Waals surface area contributed by atoms with Crippen molar-refractivity contribution in [2.24, 2.45) is 0 Å². The number of nitrogens with zero attached hydrogens (tertiary/aromatic N) is 1. The fourth-order valence-corrected chi connectivity index (χ4v) is 4.65. The SMILES string of the molecule is O=S(=O)(NCC(c1ccccc1)N1CCCC1)c1ccccc1C(F)(F)F. The normalized spacial score (nSPS) is 17.1. The Bertz CT molecular complexity index is 864. The summed E-state index contributed by atoms with van der Waals surface area (Å²) in [6, 6.07) is 13.4. The first-order chi connectivity index (χ1) is 12.8. The molecular formula is C19H21F3N2O2S. The van der Waals surface area contributed by atoms with E-state index in [4.69, 9.17) is 0 Å². The van der Waals surface area contributed by atoms with Gasteiger partial charge in [-0.05, 0) is 43.6 Å². The Morgan fingerprint density at radius 2 is 1.56 bits per heavy atom. The van der Waals surface area contributed by atoms with Crippen LogP contribution in [0.2, 0.25) is 0 Å². The lowest BCUT2D eigenvalue weighted by Gasteiger charge is -2.28. The molecule has 1 fully saturated rings. The highest BCUT2D eigenvalue weighted by Gasteiger charge is 2.37. The van der Waals surface area contributed by atoms with Crippen molar-refractivity contribution in [3.8, 4) is 0 Å². The molecule has 1 aliphatic rings. The molecule has 146 valence electrons. The van der Waals surface area contributed by atoms with Crippen molar-refractivity contribution >= 4 is 10.0 Å². The van der Waals surface area contributed by atoms with Gasteiger partial charge in [-0.2, -0.15) is 13.2 Å². The van der Waals surface area contributed by atoms with E-state index < -0.39 is 26.7 Å². The summed E-state index contributed by atoms with van der Waals surface area (Å²) < 4.78 is 67.2. The largest absolute Gasteiger partial charge is 0.417 e. The van der Waals surface area contributed by atoms with E-state index >= 15 is 0 Å². The summed E-state index contributed by atoms with van der Waals surface area (Å²) in [7, 11) is -4.30. The minimum Gasteiger partial charge on any atom is -0.295 e. The summed E-state index contributed by atoms with van der Waals surface area (Å²) in [6.07, 6.45) is -2.70. The molecule has 3 rings (SSSR count). The second-order valence-electron chi connectivity index (χ2n) is 6.52. The Morgan fingerprint density at radius 3 is 2.19 bits per heavy atom. The average molecular weight is 398 g/mol. The summed E-state index contributed by atoms with van der Waals surface area (Å²) >= 11 is 0. The van der Waals surface area contributed by atoms with Gasteiger partial charge in [-0.1, -0.05) is 42.5 Å². The van der Waals surface area contributed by atoms with Crippen LogP contribution in [0.4, 0.5) is 13.2 Å². The van der Waals surface area contributed by atoms with Crippen LogP contribution in [0.1, 0.15) is 30.0 Å². The molecule has 0 saturated carbocycles. The summed E-state index contributed by atoms with van der Waals surface area (Å²) in [6.45, 7) is 1.68. The highest BCUT2D eigenvalue weighted by molar-refractivity contribution is 7.89. The Kier molecular flexibility index (Phi) is 5.88. The topological polar surface area (TPSA) is 49.4 Å². The Labute approximate surface area is 157 Å². The minimum atomic E-state index is -4.74. The highest BCUT2D eigenvalue weighted by atomic mass is 32.2. The zero-order valence-electron chi connectivity index (χ0n) is 14.6. The van der Waals surface area contributed by atoms with E-state index in [0.29, 0.717) is 0 Å². The smallest absolute Gasteiger partial charge is 0.295 e. The van der Waals surface area contributed by atoms with Crippen molar-refractivity contribution in [1.29, 1.82) is 0 Å². The molecular weight excluding hydrogens is 377 g/mol. The lowest BCUT2D eigenvalue weighted by atomic mass is 10.1. The molecule has 4 nitrogen and oxygen atoms in total. The van der Waals surface area contributed by atoms with Gasteiger partial charge in [0.15, 0.2) is 0 Å². The second-order valence-corrected chi connectivity index (χ2v) is 8.25. The summed E-state index contributed by atoms with van der Waals surface area (Å²) in [5.41, 5.74) is -0.221. The van der Waals surface area contributed by atoms with Crippen molar-refractivity contribution in [2.45, 2.75) is 30.0 Å². The monoisotopic (exact) mass is 398 g/mol. The van der Waals surface area contributed by atoms with Crippen molar-refractivity contribution in [2.75, 3.05) is 19.6 Å². The van der Waals surface area contributed by atoms with E-state index in [9.17, 15) is 21.6 Å². The highest BCUT2D eigenvalue weighted by Crippen LogP contribution is 2.34. The van der Waals surface area contributed by atoms with Crippen molar-refractivity contribution in [1.82, 2.24) is 9.62 Å². The standard InChI is InChI=1S/C19H21F3N2O2S/c20-19(21,22)16-10-4-5-11-18(16)27(25,26)23-14-17(24-12-6-7-13-24)15-8-2-1-3-9-15/h1-5,8-11,17,23H,6-7,12-14H2. The quantitative estimate of drug-likeness (QED) is 0.805. The number of halogens is 3. The number of hydrogen-bond acceptors (Lipinski definition) is 3. The van der Waals surface area contributed by atoms with Gasteiger partial charge in [0, 0.05) is 12.6 Å². The first-order valence-corrected chi connectivity index (χ1v) is 10.2. The molecule has 0 bridgehead atoms. The van der Waals surface area contributed by atoms with Crippen LogP contribution < -0.4 is 4.72 Å². The predicted octanol–water partition coefficient (Wildman–Crippen LogP) is 3.82. The molecule has 0 aromatic heterocycles. The zero-order chi connectivity index (χ0) is 19.5. The van der Waals surface area contributed by atoms with Crippen LogP contribution in [-0.4, -0.2) is 33.0 Å². The molecule has 2 aromatic carbocycles. The number of hydrogen-bond donors (Lipinski definition) is 1. The molecule has 1 aliphatic heterocycles. The second kappa shape index (κ2) is 8.00. The number of benzene rings is 2. The Morgan fingerprint density at radius 1 is 0.963 bits per heavy atom. The summed E-state index contributed by atoms with van der Waals surface area (Å²) in [5.74, 6) is 0. The third-order valence-corrected chi connectivity index (χ3v) is 6.20. The minimum absolute atomic E-state index is 0.0124. The fraction of sp³-hybridized carbons (Fsp3) is 0.368. The lowest BCUT2D eigenvalue weighted by molar-refractivity contribution is -0.139. The first-order valence-electron chi connectivity index (χ1n) is 8.74. The molecule has 8 heteroatoms. The molecule has 1 unspecified atom stereocenters. The Balaban J connectivity index is 1.85. The molecule has 1 heterocycles. The maximum Gasteiger partial charge on any atom is 0.417 e. The van der Waals surface area contributed by atoms with E-state index in [1.54, 1.807) is 0 Å². The van der Waals surface area contributed by atoms with Gasteiger partial charge >= 0.3 is 6.18 Å². The molecule has 1 saturated heterocycles. The van der Waals surface area contributed by atoms with E-state index in [1.165, 1.54) is 12.1 Å². The Hall–Kier alpha value is -1.90. The lowest BCUT2D eigenvalue weighted by Crippen LogP contribution is -2.37. The predicted molar refractivity (Wildman–Crippen MR) is 96.6 cm³/mol. The maximum atomic E-state index is 13.2. The van der Waals surface area contributed by atoms with Crippen LogP contribution in [-0.2, 0) is 16.2 Å². The van der Waals surface area contributed by atoms with E-state index in [2.05, 4.69) is 9.62 Å². The van der Waals surface area contributed by atoms with Gasteiger partial charge in [-0.3, -0.25) is 4.90 Å². The molecule has 1 N–H and O–H groups in total. The van der Waals surface area contributed by atoms with Crippen LogP contribution in [0.3, 0.4) is 0 Å². The average Bonchev–Trinajstić information content (AvgIpc) is 3.16. The van der Waals surface area contributed by atoms with E-state index in [0.717, 1.165) is 43.6 Å². The number of likely N-dealkylation sites (tertiary alicyclic amines) is 1. The molecule has 0 spiro atoms. The maximum absolute atomic E-state index is 13.2. The molecule has 0 amide bonds. The van der Waals surface area contributed by atoms with E-state index in [-0.39, 0.29) is 12.6 Å². The van der Waals surface area contributed by atoms with Gasteiger partial charge in [0.25, 0.3) is 0 Å². The molecule has 0 aliphatic carbocycles. The first kappa shape index (κ1) is 19.9. The third kappa shape index (κ3) is 4.69. The zero-order valence-corrected chi connectivity index (χ0v) is 15.4. The van der Waals surface area contributed by atoms with Crippen LogP contribution in [0, 0.1) is 0 Å².